The minimum Gasteiger partial charge on any atom is -0.365 e. The lowest BCUT2D eigenvalue weighted by molar-refractivity contribution is -0.121. The molecule has 148 valence electrons. The van der Waals surface area contributed by atoms with Gasteiger partial charge in [0.25, 0.3) is 5.91 Å². The van der Waals surface area contributed by atoms with Gasteiger partial charge in [0, 0.05) is 9.90 Å². The Morgan fingerprint density at radius 3 is 2.54 bits per heavy atom. The number of carbonyl (C=O) groups excluding carboxylic acids is 2. The van der Waals surface area contributed by atoms with Crippen LogP contribution in [0, 0.1) is 5.92 Å². The third-order valence-electron chi connectivity index (χ3n) is 6.27. The Balaban J connectivity index is 1.69. The van der Waals surface area contributed by atoms with Gasteiger partial charge in [0.2, 0.25) is 5.91 Å². The molecular formula is C22H25ClN2O2S. The van der Waals surface area contributed by atoms with Gasteiger partial charge >= 0.3 is 0 Å². The first-order chi connectivity index (χ1) is 13.4. The molecule has 1 fully saturated rings. The van der Waals surface area contributed by atoms with Crippen molar-refractivity contribution >= 4 is 39.8 Å². The maximum Gasteiger partial charge on any atom is 0.251 e. The fourth-order valence-electron chi connectivity index (χ4n) is 4.72. The van der Waals surface area contributed by atoms with Gasteiger partial charge in [-0.05, 0) is 61.3 Å². The number of hydrogen-bond donors (Lipinski definition) is 2. The maximum absolute atomic E-state index is 13.5. The molecule has 1 heterocycles. The van der Waals surface area contributed by atoms with E-state index in [1.165, 1.54) is 16.2 Å². The number of nitrogens with one attached hydrogen (secondary N) is 1. The minimum absolute atomic E-state index is 0.0403. The zero-order valence-electron chi connectivity index (χ0n) is 16.0. The summed E-state index contributed by atoms with van der Waals surface area (Å²) >= 11 is 7.57. The molecule has 2 aliphatic carbocycles. The molecule has 28 heavy (non-hydrogen) atoms. The Labute approximate surface area is 174 Å². The third-order valence-corrected chi connectivity index (χ3v) is 7.70. The van der Waals surface area contributed by atoms with Crippen LogP contribution in [0.3, 0.4) is 0 Å². The number of carbonyl (C=O) groups is 2. The highest BCUT2D eigenvalue weighted by molar-refractivity contribution is 7.17. The Hall–Kier alpha value is -1.85. The molecule has 0 radical (unpaired) electrons. The zero-order valence-corrected chi connectivity index (χ0v) is 17.6. The second-order valence-electron chi connectivity index (χ2n) is 8.17. The number of halogens is 1. The summed E-state index contributed by atoms with van der Waals surface area (Å²) in [5.74, 6) is 0.0986. The predicted octanol–water partition coefficient (Wildman–Crippen LogP) is 5.08. The van der Waals surface area contributed by atoms with Crippen LogP contribution in [0.25, 0.3) is 0 Å². The number of thiophene rings is 1. The molecule has 0 spiro atoms. The van der Waals surface area contributed by atoms with Crippen molar-refractivity contribution in [3.05, 3.63) is 50.9 Å². The number of rotatable bonds is 4. The van der Waals surface area contributed by atoms with E-state index in [0.29, 0.717) is 21.5 Å². The molecule has 4 rings (SSSR count). The van der Waals surface area contributed by atoms with Gasteiger partial charge in [-0.15, -0.1) is 11.3 Å². The number of benzene rings is 1. The lowest BCUT2D eigenvalue weighted by Gasteiger charge is -2.28. The molecule has 1 saturated carbocycles. The van der Waals surface area contributed by atoms with Crippen molar-refractivity contribution in [2.45, 2.75) is 57.3 Å². The van der Waals surface area contributed by atoms with Crippen molar-refractivity contribution in [2.24, 2.45) is 11.7 Å². The van der Waals surface area contributed by atoms with E-state index in [0.717, 1.165) is 56.1 Å². The predicted molar refractivity (Wildman–Crippen MR) is 114 cm³/mol. The lowest BCUT2D eigenvalue weighted by Crippen LogP contribution is -2.38. The second kappa shape index (κ2) is 7.53. The van der Waals surface area contributed by atoms with Crippen LogP contribution in [0.4, 0.5) is 5.00 Å². The van der Waals surface area contributed by atoms with E-state index in [9.17, 15) is 9.59 Å². The summed E-state index contributed by atoms with van der Waals surface area (Å²) < 4.78 is 0. The SMILES string of the molecule is CC1CCc2c(sc(NC(=O)C3(c4ccc(Cl)cc4)CCCC3)c2C(N)=O)C1. The molecule has 1 aromatic heterocycles. The Morgan fingerprint density at radius 2 is 1.89 bits per heavy atom. The first kappa shape index (κ1) is 19.5. The van der Waals surface area contributed by atoms with E-state index in [4.69, 9.17) is 17.3 Å². The van der Waals surface area contributed by atoms with Gasteiger partial charge in [-0.2, -0.15) is 0 Å². The van der Waals surface area contributed by atoms with Gasteiger partial charge in [-0.1, -0.05) is 43.5 Å². The third kappa shape index (κ3) is 3.35. The number of amides is 2. The first-order valence-electron chi connectivity index (χ1n) is 9.92. The number of fused-ring (bicyclic) bond motifs is 1. The molecule has 2 aliphatic rings. The van der Waals surface area contributed by atoms with E-state index < -0.39 is 11.3 Å². The quantitative estimate of drug-likeness (QED) is 0.729. The summed E-state index contributed by atoms with van der Waals surface area (Å²) in [6.07, 6.45) is 6.46. The van der Waals surface area contributed by atoms with Crippen molar-refractivity contribution in [2.75, 3.05) is 5.32 Å². The molecule has 1 aromatic carbocycles. The largest absolute Gasteiger partial charge is 0.365 e. The summed E-state index contributed by atoms with van der Waals surface area (Å²) in [6, 6.07) is 7.57. The summed E-state index contributed by atoms with van der Waals surface area (Å²) in [7, 11) is 0. The topological polar surface area (TPSA) is 72.2 Å². The number of hydrogen-bond acceptors (Lipinski definition) is 3. The van der Waals surface area contributed by atoms with Gasteiger partial charge in [-0.3, -0.25) is 9.59 Å². The molecule has 2 amide bonds. The number of primary amides is 1. The Bertz CT molecular complexity index is 913. The molecule has 0 bridgehead atoms. The first-order valence-corrected chi connectivity index (χ1v) is 11.1. The monoisotopic (exact) mass is 416 g/mol. The molecule has 1 unspecified atom stereocenters. The highest BCUT2D eigenvalue weighted by Gasteiger charge is 2.43. The lowest BCUT2D eigenvalue weighted by atomic mass is 9.78. The molecule has 1 atom stereocenters. The Morgan fingerprint density at radius 1 is 1.21 bits per heavy atom. The van der Waals surface area contributed by atoms with E-state index >= 15 is 0 Å². The van der Waals surface area contributed by atoms with Crippen LogP contribution >= 0.6 is 22.9 Å². The van der Waals surface area contributed by atoms with Gasteiger partial charge in [0.15, 0.2) is 0 Å². The van der Waals surface area contributed by atoms with Crippen molar-refractivity contribution < 1.29 is 9.59 Å². The molecule has 3 N–H and O–H groups in total. The molecule has 4 nitrogen and oxygen atoms in total. The van der Waals surface area contributed by atoms with Gasteiger partial charge < -0.3 is 11.1 Å². The average Bonchev–Trinajstić information content (AvgIpc) is 3.27. The highest BCUT2D eigenvalue weighted by Crippen LogP contribution is 2.44. The van der Waals surface area contributed by atoms with Crippen molar-refractivity contribution in [3.63, 3.8) is 0 Å². The summed E-state index contributed by atoms with van der Waals surface area (Å²) in [4.78, 5) is 26.9. The van der Waals surface area contributed by atoms with Crippen LogP contribution in [-0.2, 0) is 23.1 Å². The van der Waals surface area contributed by atoms with Crippen LogP contribution in [0.2, 0.25) is 5.02 Å². The van der Waals surface area contributed by atoms with E-state index in [1.807, 2.05) is 24.3 Å². The van der Waals surface area contributed by atoms with Crippen molar-refractivity contribution in [3.8, 4) is 0 Å². The normalized spacial score (nSPS) is 20.6. The second-order valence-corrected chi connectivity index (χ2v) is 9.71. The molecule has 0 saturated heterocycles. The maximum atomic E-state index is 13.5. The molecule has 6 heteroatoms. The smallest absolute Gasteiger partial charge is 0.251 e. The fourth-order valence-corrected chi connectivity index (χ4v) is 6.25. The van der Waals surface area contributed by atoms with Gasteiger partial charge in [0.1, 0.15) is 5.00 Å². The van der Waals surface area contributed by atoms with Crippen molar-refractivity contribution in [1.29, 1.82) is 0 Å². The Kier molecular flexibility index (Phi) is 5.23. The summed E-state index contributed by atoms with van der Waals surface area (Å²) in [5, 5.41) is 4.39. The van der Waals surface area contributed by atoms with Crippen LogP contribution in [0.1, 0.15) is 65.4 Å². The highest BCUT2D eigenvalue weighted by atomic mass is 35.5. The summed E-state index contributed by atoms with van der Waals surface area (Å²) in [5.41, 5.74) is 7.68. The average molecular weight is 417 g/mol. The molecular weight excluding hydrogens is 392 g/mol. The zero-order chi connectivity index (χ0) is 19.9. The van der Waals surface area contributed by atoms with E-state index in [2.05, 4.69) is 12.2 Å². The van der Waals surface area contributed by atoms with Gasteiger partial charge in [0.05, 0.1) is 11.0 Å². The van der Waals surface area contributed by atoms with Crippen LogP contribution in [0.15, 0.2) is 24.3 Å². The fraction of sp³-hybridized carbons (Fsp3) is 0.455. The minimum atomic E-state index is -0.572. The van der Waals surface area contributed by atoms with Gasteiger partial charge in [-0.25, -0.2) is 0 Å². The van der Waals surface area contributed by atoms with E-state index in [-0.39, 0.29) is 5.91 Å². The van der Waals surface area contributed by atoms with Crippen molar-refractivity contribution in [1.82, 2.24) is 0 Å². The molecule has 2 aromatic rings. The van der Waals surface area contributed by atoms with E-state index in [1.54, 1.807) is 0 Å². The van der Waals surface area contributed by atoms with Crippen LogP contribution in [0.5, 0.6) is 0 Å². The molecule has 0 aliphatic heterocycles. The number of anilines is 1. The van der Waals surface area contributed by atoms with Crippen LogP contribution < -0.4 is 11.1 Å². The number of nitrogens with two attached hydrogens (primary N) is 1. The summed E-state index contributed by atoms with van der Waals surface area (Å²) in [6.45, 7) is 2.22. The standard InChI is InChI=1S/C22H25ClN2O2S/c1-13-4-9-16-17(12-13)28-20(18(16)19(24)26)25-21(27)22(10-2-3-11-22)14-5-7-15(23)8-6-14/h5-8,13H,2-4,9-12H2,1H3,(H2,24,26)(H,25,27). The van der Waals surface area contributed by atoms with Crippen LogP contribution in [-0.4, -0.2) is 11.8 Å².